The van der Waals surface area contributed by atoms with Crippen molar-refractivity contribution in [3.63, 3.8) is 0 Å². The Morgan fingerprint density at radius 2 is 0.506 bits per heavy atom. The van der Waals surface area contributed by atoms with Gasteiger partial charge in [0.1, 0.15) is 33.5 Å². The van der Waals surface area contributed by atoms with Crippen LogP contribution in [0, 0.1) is 0 Å². The molecule has 9 heteroatoms. The van der Waals surface area contributed by atoms with E-state index in [1.165, 1.54) is 0 Å². The van der Waals surface area contributed by atoms with E-state index in [0.717, 1.165) is 144 Å². The van der Waals surface area contributed by atoms with Gasteiger partial charge >= 0.3 is 0 Å². The van der Waals surface area contributed by atoms with Gasteiger partial charge in [-0.25, -0.2) is 29.9 Å². The predicted molar refractivity (Wildman–Crippen MR) is 349 cm³/mol. The molecule has 0 unspecified atom stereocenters. The van der Waals surface area contributed by atoms with Gasteiger partial charge in [0.2, 0.25) is 0 Å². The second kappa shape index (κ2) is 20.4. The van der Waals surface area contributed by atoms with Crippen molar-refractivity contribution < 1.29 is 13.3 Å². The summed E-state index contributed by atoms with van der Waals surface area (Å²) >= 11 is 0. The van der Waals surface area contributed by atoms with Crippen LogP contribution in [0.25, 0.3) is 179 Å². The fourth-order valence-electron chi connectivity index (χ4n) is 12.1. The van der Waals surface area contributed by atoms with Crippen LogP contribution in [0.3, 0.4) is 0 Å². The zero-order valence-corrected chi connectivity index (χ0v) is 46.5. The second-order valence-electron chi connectivity index (χ2n) is 21.7. The van der Waals surface area contributed by atoms with Crippen molar-refractivity contribution in [1.82, 2.24) is 29.9 Å². The molecule has 0 aliphatic heterocycles. The maximum absolute atomic E-state index is 6.66. The molecule has 0 amide bonds. The topological polar surface area (TPSA) is 117 Å². The van der Waals surface area contributed by atoms with Gasteiger partial charge in [-0.05, 0) is 88.0 Å². The zero-order valence-electron chi connectivity index (χ0n) is 46.5. The Morgan fingerprint density at radius 3 is 0.977 bits per heavy atom. The molecule has 12 aromatic carbocycles. The van der Waals surface area contributed by atoms with Gasteiger partial charge in [0.25, 0.3) is 0 Å². The maximum atomic E-state index is 6.66. The van der Waals surface area contributed by atoms with Crippen LogP contribution in [0.5, 0.6) is 0 Å². The minimum Gasteiger partial charge on any atom is -0.456 e. The zero-order chi connectivity index (χ0) is 57.4. The van der Waals surface area contributed by atoms with E-state index in [9.17, 15) is 0 Å². The fraction of sp³-hybridized carbons (Fsp3) is 0. The minimum atomic E-state index is 0.532. The highest BCUT2D eigenvalue weighted by atomic mass is 16.3. The SMILES string of the molecule is c1ccc(-c2nc(-c3ccccc3)nc(-c3ccc(-c4ccc5oc6cc(-c7ccc(-c8nc(-c9ccccc9)nc(-c9cc(-c%10cccc%11c%10oc%10ccccc%10%11)cc(-c%10cccc%11c%10oc%10ccccc%10%11)c9)n8)cc7)ccc6c5c4)cc3)n2)cc1. The summed E-state index contributed by atoms with van der Waals surface area (Å²) in [6.07, 6.45) is 0. The van der Waals surface area contributed by atoms with Gasteiger partial charge in [-0.2, -0.15) is 0 Å². The van der Waals surface area contributed by atoms with Crippen LogP contribution in [-0.4, -0.2) is 29.9 Å². The van der Waals surface area contributed by atoms with Crippen molar-refractivity contribution in [3.8, 4) is 113 Å². The van der Waals surface area contributed by atoms with Gasteiger partial charge in [0.05, 0.1) is 0 Å². The van der Waals surface area contributed by atoms with Crippen LogP contribution in [-0.2, 0) is 0 Å². The van der Waals surface area contributed by atoms with E-state index >= 15 is 0 Å². The van der Waals surface area contributed by atoms with E-state index < -0.39 is 0 Å². The molecule has 0 radical (unpaired) electrons. The molecule has 9 nitrogen and oxygen atoms in total. The molecule has 0 aliphatic rings. The van der Waals surface area contributed by atoms with Crippen molar-refractivity contribution in [2.45, 2.75) is 0 Å². The first-order valence-electron chi connectivity index (χ1n) is 28.9. The minimum absolute atomic E-state index is 0.532. The van der Waals surface area contributed by atoms with Gasteiger partial charge in [-0.15, -0.1) is 0 Å². The molecule has 5 heterocycles. The third-order valence-corrected chi connectivity index (χ3v) is 16.4. The van der Waals surface area contributed by atoms with Crippen LogP contribution < -0.4 is 0 Å². The Morgan fingerprint density at radius 1 is 0.172 bits per heavy atom. The monoisotopic (exact) mass is 1110 g/mol. The van der Waals surface area contributed by atoms with Crippen LogP contribution in [0.4, 0.5) is 0 Å². The third kappa shape index (κ3) is 8.88. The summed E-state index contributed by atoms with van der Waals surface area (Å²) < 4.78 is 19.9. The summed E-state index contributed by atoms with van der Waals surface area (Å²) in [5.74, 6) is 3.52. The van der Waals surface area contributed by atoms with Gasteiger partial charge in [-0.1, -0.05) is 224 Å². The number of aromatic nitrogens is 6. The summed E-state index contributed by atoms with van der Waals surface area (Å²) in [4.78, 5) is 30.5. The lowest BCUT2D eigenvalue weighted by Gasteiger charge is -2.13. The van der Waals surface area contributed by atoms with Gasteiger partial charge in [0, 0.05) is 76.8 Å². The highest BCUT2D eigenvalue weighted by Gasteiger charge is 2.21. The first kappa shape index (κ1) is 49.7. The van der Waals surface area contributed by atoms with Crippen molar-refractivity contribution in [2.24, 2.45) is 0 Å². The maximum Gasteiger partial charge on any atom is 0.164 e. The first-order chi connectivity index (χ1) is 43.0. The lowest BCUT2D eigenvalue weighted by atomic mass is 9.94. The molecule has 406 valence electrons. The average molecular weight is 1120 g/mol. The lowest BCUT2D eigenvalue weighted by Crippen LogP contribution is -2.00. The van der Waals surface area contributed by atoms with E-state index in [1.807, 2.05) is 127 Å². The molecular formula is C78H46N6O3. The van der Waals surface area contributed by atoms with E-state index in [0.29, 0.717) is 34.9 Å². The number of para-hydroxylation sites is 4. The van der Waals surface area contributed by atoms with Crippen molar-refractivity contribution >= 4 is 65.8 Å². The Hall–Kier alpha value is -11.9. The standard InChI is InChI=1S/C78H46N6O3/c1-4-16-49(17-5-1)73-79-74(50-18-6-2-7-19-50)81-76(80-73)52-34-30-47(31-35-52)54-39-41-69-66(45-54)63-40-38-55(46-70(63)85-69)48-32-36-53(37-33-48)77-82-75(51-20-8-3-9-21-51)83-78(84-77)58-43-56(59-24-14-26-64-61-22-10-12-28-67(61)86-71(59)64)42-57(44-58)60-25-15-27-65-62-23-11-13-29-68(62)87-72(60)65/h1-46H. The molecular weight excluding hydrogens is 1070 g/mol. The summed E-state index contributed by atoms with van der Waals surface area (Å²) in [6.45, 7) is 0. The molecule has 0 saturated heterocycles. The Bertz CT molecular complexity index is 5310. The first-order valence-corrected chi connectivity index (χ1v) is 28.9. The molecule has 5 aromatic heterocycles. The van der Waals surface area contributed by atoms with E-state index in [1.54, 1.807) is 0 Å². The smallest absolute Gasteiger partial charge is 0.164 e. The molecule has 17 rings (SSSR count). The molecule has 0 N–H and O–H groups in total. The number of rotatable bonds is 10. The van der Waals surface area contributed by atoms with E-state index in [2.05, 4.69) is 152 Å². The number of hydrogen-bond acceptors (Lipinski definition) is 9. The molecule has 0 saturated carbocycles. The highest BCUT2D eigenvalue weighted by Crippen LogP contribution is 2.43. The highest BCUT2D eigenvalue weighted by molar-refractivity contribution is 6.12. The Balaban J connectivity index is 0.714. The van der Waals surface area contributed by atoms with E-state index in [4.69, 9.17) is 43.2 Å². The summed E-state index contributed by atoms with van der Waals surface area (Å²) in [6, 6.07) is 95.4. The van der Waals surface area contributed by atoms with Crippen LogP contribution in [0.15, 0.2) is 292 Å². The molecule has 0 spiro atoms. The van der Waals surface area contributed by atoms with Crippen LogP contribution >= 0.6 is 0 Å². The van der Waals surface area contributed by atoms with Crippen LogP contribution in [0.2, 0.25) is 0 Å². The second-order valence-corrected chi connectivity index (χ2v) is 21.7. The Labute approximate surface area is 498 Å². The number of furan rings is 3. The molecule has 0 bridgehead atoms. The van der Waals surface area contributed by atoms with Crippen molar-refractivity contribution in [2.75, 3.05) is 0 Å². The normalized spacial score (nSPS) is 11.7. The third-order valence-electron chi connectivity index (χ3n) is 16.4. The molecule has 87 heavy (non-hydrogen) atoms. The number of nitrogens with zero attached hydrogens (tertiary/aromatic N) is 6. The lowest BCUT2D eigenvalue weighted by molar-refractivity contribution is 0.669. The molecule has 0 atom stereocenters. The molecule has 0 aliphatic carbocycles. The van der Waals surface area contributed by atoms with Crippen molar-refractivity contribution in [1.29, 1.82) is 0 Å². The number of hydrogen-bond donors (Lipinski definition) is 0. The average Bonchev–Trinajstić information content (AvgIpc) is 2.88. The largest absolute Gasteiger partial charge is 0.456 e. The van der Waals surface area contributed by atoms with Crippen molar-refractivity contribution in [3.05, 3.63) is 279 Å². The van der Waals surface area contributed by atoms with E-state index in [-0.39, 0.29) is 0 Å². The van der Waals surface area contributed by atoms with Gasteiger partial charge in [-0.3, -0.25) is 0 Å². The predicted octanol–water partition coefficient (Wildman–Crippen LogP) is 20.4. The molecule has 17 aromatic rings. The molecule has 0 fully saturated rings. The van der Waals surface area contributed by atoms with Crippen LogP contribution in [0.1, 0.15) is 0 Å². The number of fused-ring (bicyclic) bond motifs is 9. The quantitative estimate of drug-likeness (QED) is 0.132. The fourth-order valence-corrected chi connectivity index (χ4v) is 12.1. The summed E-state index contributed by atoms with van der Waals surface area (Å²) in [5.41, 5.74) is 18.3. The summed E-state index contributed by atoms with van der Waals surface area (Å²) in [5, 5.41) is 6.31. The number of benzene rings is 12. The van der Waals surface area contributed by atoms with Gasteiger partial charge in [0.15, 0.2) is 34.9 Å². The van der Waals surface area contributed by atoms with Gasteiger partial charge < -0.3 is 13.3 Å². The Kier molecular flexibility index (Phi) is 11.7. The summed E-state index contributed by atoms with van der Waals surface area (Å²) in [7, 11) is 0.